The van der Waals surface area contributed by atoms with Crippen LogP contribution in [0.2, 0.25) is 0 Å². The Morgan fingerprint density at radius 1 is 0.857 bits per heavy atom. The van der Waals surface area contributed by atoms with Gasteiger partial charge in [0, 0.05) is 19.7 Å². The van der Waals surface area contributed by atoms with Gasteiger partial charge < -0.3 is 30.7 Å². The summed E-state index contributed by atoms with van der Waals surface area (Å²) in [6.45, 7) is 5.59. The Labute approximate surface area is 247 Å². The van der Waals surface area contributed by atoms with E-state index in [2.05, 4.69) is 21.3 Å². The molecule has 42 heavy (non-hydrogen) atoms. The molecule has 0 fully saturated rings. The largest absolute Gasteiger partial charge is 0.445 e. The number of alkyl carbamates (subject to hydrolysis) is 2. The van der Waals surface area contributed by atoms with Crippen molar-refractivity contribution in [2.45, 2.75) is 64.3 Å². The minimum Gasteiger partial charge on any atom is -0.445 e. The molecule has 0 saturated heterocycles. The normalized spacial score (nSPS) is 12.8. The minimum atomic E-state index is -0.921. The van der Waals surface area contributed by atoms with Crippen LogP contribution < -0.4 is 21.3 Å². The summed E-state index contributed by atoms with van der Waals surface area (Å²) in [5.74, 6) is -0.657. The second-order valence-electron chi connectivity index (χ2n) is 10.5. The van der Waals surface area contributed by atoms with Crippen molar-refractivity contribution < 1.29 is 28.7 Å². The SMILES string of the molecule is CNC(=O)/C=C/C=C/C(Cc1ccccc1)NC(=O)C(CCCNC(=O)OCc1ccccc1)NC(=O)OC(C)(C)C. The van der Waals surface area contributed by atoms with Gasteiger partial charge in [0.05, 0.1) is 6.04 Å². The summed E-state index contributed by atoms with van der Waals surface area (Å²) < 4.78 is 10.6. The number of carbonyl (C=O) groups is 4. The summed E-state index contributed by atoms with van der Waals surface area (Å²) >= 11 is 0. The molecule has 2 aromatic rings. The van der Waals surface area contributed by atoms with Crippen LogP contribution in [-0.4, -0.2) is 55.3 Å². The van der Waals surface area contributed by atoms with Gasteiger partial charge >= 0.3 is 12.2 Å². The Hall–Kier alpha value is -4.60. The Bertz CT molecular complexity index is 1190. The number of hydrogen-bond acceptors (Lipinski definition) is 6. The highest BCUT2D eigenvalue weighted by atomic mass is 16.6. The lowest BCUT2D eigenvalue weighted by atomic mass is 10.0. The fraction of sp³-hybridized carbons (Fsp3) is 0.375. The first-order valence-electron chi connectivity index (χ1n) is 13.9. The van der Waals surface area contributed by atoms with E-state index in [0.717, 1.165) is 11.1 Å². The van der Waals surface area contributed by atoms with E-state index in [4.69, 9.17) is 9.47 Å². The zero-order chi connectivity index (χ0) is 30.8. The van der Waals surface area contributed by atoms with Gasteiger partial charge in [-0.2, -0.15) is 0 Å². The van der Waals surface area contributed by atoms with E-state index in [0.29, 0.717) is 12.8 Å². The Morgan fingerprint density at radius 3 is 2.12 bits per heavy atom. The van der Waals surface area contributed by atoms with E-state index in [-0.39, 0.29) is 25.5 Å². The highest BCUT2D eigenvalue weighted by Crippen LogP contribution is 2.10. The average Bonchev–Trinajstić information content (AvgIpc) is 2.95. The summed E-state index contributed by atoms with van der Waals surface area (Å²) in [6.07, 6.45) is 6.25. The highest BCUT2D eigenvalue weighted by Gasteiger charge is 2.25. The third kappa shape index (κ3) is 14.7. The van der Waals surface area contributed by atoms with E-state index in [1.54, 1.807) is 39.0 Å². The van der Waals surface area contributed by atoms with Crippen LogP contribution in [0.4, 0.5) is 9.59 Å². The van der Waals surface area contributed by atoms with Crippen LogP contribution in [-0.2, 0) is 32.1 Å². The van der Waals surface area contributed by atoms with Crippen LogP contribution >= 0.6 is 0 Å². The number of nitrogens with one attached hydrogen (secondary N) is 4. The van der Waals surface area contributed by atoms with Gasteiger partial charge in [-0.1, -0.05) is 78.9 Å². The van der Waals surface area contributed by atoms with Crippen molar-refractivity contribution in [2.24, 2.45) is 0 Å². The van der Waals surface area contributed by atoms with Crippen molar-refractivity contribution in [3.05, 3.63) is 96.1 Å². The Balaban J connectivity index is 2.03. The van der Waals surface area contributed by atoms with E-state index < -0.39 is 35.8 Å². The molecule has 0 radical (unpaired) electrons. The number of ether oxygens (including phenoxy) is 2. The lowest BCUT2D eigenvalue weighted by Crippen LogP contribution is -2.51. The van der Waals surface area contributed by atoms with E-state index >= 15 is 0 Å². The minimum absolute atomic E-state index is 0.145. The summed E-state index contributed by atoms with van der Waals surface area (Å²) in [5, 5.41) is 10.8. The fourth-order valence-electron chi connectivity index (χ4n) is 3.73. The standard InChI is InChI=1S/C32H42N4O6/c1-32(2,3)42-31(40)36-27(19-13-21-34-30(39)41-23-25-16-9-6-10-17-25)29(38)35-26(18-11-12-20-28(37)33-4)22-24-14-7-5-8-15-24/h5-12,14-18,20,26-27H,13,19,21-23H2,1-4H3,(H,33,37)(H,34,39)(H,35,38)(H,36,40)/b18-11+,20-12+. The third-order valence-corrected chi connectivity index (χ3v) is 5.73. The first-order chi connectivity index (χ1) is 20.1. The van der Waals surface area contributed by atoms with Gasteiger partial charge in [-0.05, 0) is 51.2 Å². The predicted molar refractivity (Wildman–Crippen MR) is 161 cm³/mol. The van der Waals surface area contributed by atoms with Crippen LogP contribution in [0, 0.1) is 0 Å². The van der Waals surface area contributed by atoms with Crippen LogP contribution in [0.5, 0.6) is 0 Å². The summed E-state index contributed by atoms with van der Waals surface area (Å²) in [6, 6.07) is 17.6. The quantitative estimate of drug-likeness (QED) is 0.151. The molecule has 226 valence electrons. The molecule has 0 aliphatic rings. The molecule has 10 heteroatoms. The molecule has 0 heterocycles. The summed E-state index contributed by atoms with van der Waals surface area (Å²) in [7, 11) is 1.54. The van der Waals surface area contributed by atoms with Crippen molar-refractivity contribution in [3.8, 4) is 0 Å². The smallest absolute Gasteiger partial charge is 0.408 e. The zero-order valence-corrected chi connectivity index (χ0v) is 24.7. The summed E-state index contributed by atoms with van der Waals surface area (Å²) in [5.41, 5.74) is 1.12. The Kier molecular flexibility index (Phi) is 14.4. The van der Waals surface area contributed by atoms with E-state index in [9.17, 15) is 19.2 Å². The zero-order valence-electron chi connectivity index (χ0n) is 24.7. The van der Waals surface area contributed by atoms with Crippen molar-refractivity contribution in [1.29, 1.82) is 0 Å². The van der Waals surface area contributed by atoms with Gasteiger partial charge in [0.15, 0.2) is 0 Å². The van der Waals surface area contributed by atoms with Crippen molar-refractivity contribution >= 4 is 24.0 Å². The molecule has 4 amide bonds. The maximum atomic E-state index is 13.4. The molecular formula is C32H42N4O6. The van der Waals surface area contributed by atoms with Gasteiger partial charge in [0.25, 0.3) is 0 Å². The number of rotatable bonds is 14. The van der Waals surface area contributed by atoms with Crippen LogP contribution in [0.25, 0.3) is 0 Å². The highest BCUT2D eigenvalue weighted by molar-refractivity contribution is 5.87. The van der Waals surface area contributed by atoms with Crippen LogP contribution in [0.1, 0.15) is 44.7 Å². The van der Waals surface area contributed by atoms with Gasteiger partial charge in [-0.3, -0.25) is 9.59 Å². The third-order valence-electron chi connectivity index (χ3n) is 5.73. The lowest BCUT2D eigenvalue weighted by Gasteiger charge is -2.25. The second-order valence-corrected chi connectivity index (χ2v) is 10.5. The second kappa shape index (κ2) is 18.0. The topological polar surface area (TPSA) is 135 Å². The van der Waals surface area contributed by atoms with Crippen molar-refractivity contribution in [2.75, 3.05) is 13.6 Å². The van der Waals surface area contributed by atoms with Gasteiger partial charge in [-0.15, -0.1) is 0 Å². The predicted octanol–water partition coefficient (Wildman–Crippen LogP) is 4.17. The molecule has 0 spiro atoms. The van der Waals surface area contributed by atoms with Gasteiger partial charge in [0.1, 0.15) is 18.2 Å². The average molecular weight is 579 g/mol. The summed E-state index contributed by atoms with van der Waals surface area (Å²) in [4.78, 5) is 49.6. The van der Waals surface area contributed by atoms with Crippen LogP contribution in [0.15, 0.2) is 85.0 Å². The van der Waals surface area contributed by atoms with E-state index in [1.807, 2.05) is 60.7 Å². The number of allylic oxidation sites excluding steroid dienone is 2. The maximum absolute atomic E-state index is 13.4. The lowest BCUT2D eigenvalue weighted by molar-refractivity contribution is -0.123. The van der Waals surface area contributed by atoms with Gasteiger partial charge in [0.2, 0.25) is 11.8 Å². The fourth-order valence-corrected chi connectivity index (χ4v) is 3.73. The van der Waals surface area contributed by atoms with Crippen molar-refractivity contribution in [3.63, 3.8) is 0 Å². The molecule has 10 nitrogen and oxygen atoms in total. The number of carbonyl (C=O) groups excluding carboxylic acids is 4. The van der Waals surface area contributed by atoms with Gasteiger partial charge in [-0.25, -0.2) is 9.59 Å². The molecule has 2 unspecified atom stereocenters. The molecule has 0 saturated carbocycles. The first kappa shape index (κ1) is 33.6. The van der Waals surface area contributed by atoms with Crippen molar-refractivity contribution in [1.82, 2.24) is 21.3 Å². The molecular weight excluding hydrogens is 536 g/mol. The number of benzene rings is 2. The first-order valence-corrected chi connectivity index (χ1v) is 13.9. The molecule has 2 rings (SSSR count). The maximum Gasteiger partial charge on any atom is 0.408 e. The molecule has 0 bridgehead atoms. The molecule has 0 aliphatic carbocycles. The molecule has 0 aromatic heterocycles. The molecule has 2 atom stereocenters. The molecule has 4 N–H and O–H groups in total. The number of amides is 4. The van der Waals surface area contributed by atoms with Crippen LogP contribution in [0.3, 0.4) is 0 Å². The monoisotopic (exact) mass is 578 g/mol. The number of hydrogen-bond donors (Lipinski definition) is 4. The number of likely N-dealkylation sites (N-methyl/N-ethyl adjacent to an activating group) is 1. The van der Waals surface area contributed by atoms with E-state index in [1.165, 1.54) is 13.1 Å². The Morgan fingerprint density at radius 2 is 1.50 bits per heavy atom. The molecule has 2 aromatic carbocycles. The molecule has 0 aliphatic heterocycles.